The largest absolute Gasteiger partial charge is 0.416 e. The van der Waals surface area contributed by atoms with E-state index in [1.807, 2.05) is 0 Å². The van der Waals surface area contributed by atoms with Crippen LogP contribution >= 0.6 is 12.2 Å². The predicted molar refractivity (Wildman–Crippen MR) is 58.2 cm³/mol. The van der Waals surface area contributed by atoms with E-state index in [1.54, 1.807) is 0 Å². The van der Waals surface area contributed by atoms with Crippen LogP contribution in [0, 0.1) is 4.77 Å². The number of nitrogen functional groups attached to an aromatic ring is 1. The molecule has 1 heterocycles. The van der Waals surface area contributed by atoms with Crippen molar-refractivity contribution in [2.45, 2.75) is 6.18 Å². The molecule has 0 spiro atoms. The molecule has 0 saturated heterocycles. The lowest BCUT2D eigenvalue weighted by molar-refractivity contribution is -0.137. The first kappa shape index (κ1) is 11.6. The standard InChI is InChI=1S/C9H7F3N4S/c10-9(11,12)5-2-1-3-6(4-5)16-7(13)14-15-8(16)17/h1-4H,(H2,13,14)(H,15,17). The average Bonchev–Trinajstić information content (AvgIpc) is 2.57. The summed E-state index contributed by atoms with van der Waals surface area (Å²) in [7, 11) is 0. The number of nitrogens with zero attached hydrogens (tertiary/aromatic N) is 2. The fourth-order valence-corrected chi connectivity index (χ4v) is 1.62. The van der Waals surface area contributed by atoms with Crippen LogP contribution in [0.3, 0.4) is 0 Å². The van der Waals surface area contributed by atoms with Gasteiger partial charge in [0.2, 0.25) is 10.7 Å². The zero-order valence-electron chi connectivity index (χ0n) is 8.32. The third-order valence-electron chi connectivity index (χ3n) is 2.13. The summed E-state index contributed by atoms with van der Waals surface area (Å²) in [6.07, 6.45) is -4.41. The molecular weight excluding hydrogens is 253 g/mol. The molecule has 8 heteroatoms. The molecule has 0 unspecified atom stereocenters. The number of aromatic amines is 1. The van der Waals surface area contributed by atoms with Gasteiger partial charge < -0.3 is 5.73 Å². The Morgan fingerprint density at radius 2 is 2.06 bits per heavy atom. The maximum absolute atomic E-state index is 12.5. The van der Waals surface area contributed by atoms with Gasteiger partial charge in [-0.25, -0.2) is 5.10 Å². The van der Waals surface area contributed by atoms with Crippen LogP contribution < -0.4 is 5.73 Å². The van der Waals surface area contributed by atoms with Crippen molar-refractivity contribution in [3.05, 3.63) is 34.6 Å². The number of hydrogen-bond donors (Lipinski definition) is 2. The van der Waals surface area contributed by atoms with E-state index in [9.17, 15) is 13.2 Å². The Bertz CT molecular complexity index is 599. The first-order valence-electron chi connectivity index (χ1n) is 4.50. The van der Waals surface area contributed by atoms with Gasteiger partial charge in [-0.3, -0.25) is 4.57 Å². The molecule has 0 amide bonds. The second kappa shape index (κ2) is 3.88. The molecule has 2 aromatic rings. The monoisotopic (exact) mass is 260 g/mol. The van der Waals surface area contributed by atoms with Crippen molar-refractivity contribution in [2.75, 3.05) is 5.73 Å². The third-order valence-corrected chi connectivity index (χ3v) is 2.40. The summed E-state index contributed by atoms with van der Waals surface area (Å²) in [5, 5.41) is 6.03. The Kier molecular flexibility index (Phi) is 2.66. The number of anilines is 1. The number of rotatable bonds is 1. The molecule has 0 bridgehead atoms. The Balaban J connectivity index is 2.59. The number of hydrogen-bond acceptors (Lipinski definition) is 3. The van der Waals surface area contributed by atoms with Crippen molar-refractivity contribution < 1.29 is 13.2 Å². The van der Waals surface area contributed by atoms with E-state index in [4.69, 9.17) is 18.0 Å². The van der Waals surface area contributed by atoms with Gasteiger partial charge in [-0.05, 0) is 30.4 Å². The molecule has 2 rings (SSSR count). The van der Waals surface area contributed by atoms with Crippen LogP contribution in [0.1, 0.15) is 5.56 Å². The van der Waals surface area contributed by atoms with E-state index < -0.39 is 11.7 Å². The Morgan fingerprint density at radius 3 is 2.59 bits per heavy atom. The lowest BCUT2D eigenvalue weighted by Crippen LogP contribution is -2.07. The van der Waals surface area contributed by atoms with Crippen LogP contribution in [0.5, 0.6) is 0 Å². The molecule has 0 atom stereocenters. The van der Waals surface area contributed by atoms with E-state index in [0.29, 0.717) is 0 Å². The van der Waals surface area contributed by atoms with Crippen LogP contribution in [-0.2, 0) is 6.18 Å². The Morgan fingerprint density at radius 1 is 1.35 bits per heavy atom. The van der Waals surface area contributed by atoms with Gasteiger partial charge in [-0.2, -0.15) is 13.2 Å². The lowest BCUT2D eigenvalue weighted by Gasteiger charge is -2.09. The summed E-state index contributed by atoms with van der Waals surface area (Å²) < 4.78 is 38.9. The number of halogens is 3. The first-order valence-corrected chi connectivity index (χ1v) is 4.91. The van der Waals surface area contributed by atoms with Gasteiger partial charge in [0.1, 0.15) is 0 Å². The Labute approximate surface area is 98.9 Å². The molecule has 3 N–H and O–H groups in total. The highest BCUT2D eigenvalue weighted by molar-refractivity contribution is 7.71. The molecule has 1 aromatic carbocycles. The molecule has 0 fully saturated rings. The second-order valence-corrected chi connectivity index (χ2v) is 3.66. The van der Waals surface area contributed by atoms with Crippen molar-refractivity contribution in [3.8, 4) is 5.69 Å². The minimum absolute atomic E-state index is 0.00863. The van der Waals surface area contributed by atoms with E-state index in [-0.39, 0.29) is 16.4 Å². The summed E-state index contributed by atoms with van der Waals surface area (Å²) in [5.41, 5.74) is 4.96. The molecule has 1 aromatic heterocycles. The average molecular weight is 260 g/mol. The summed E-state index contributed by atoms with van der Waals surface area (Å²) in [4.78, 5) is 0. The summed E-state index contributed by atoms with van der Waals surface area (Å²) in [6.45, 7) is 0. The van der Waals surface area contributed by atoms with Gasteiger partial charge in [0, 0.05) is 0 Å². The number of benzene rings is 1. The fraction of sp³-hybridized carbons (Fsp3) is 0.111. The maximum atomic E-state index is 12.5. The molecule has 0 aliphatic heterocycles. The number of nitrogens with one attached hydrogen (secondary N) is 1. The van der Waals surface area contributed by atoms with Crippen LogP contribution in [0.15, 0.2) is 24.3 Å². The smallest absolute Gasteiger partial charge is 0.368 e. The molecule has 4 nitrogen and oxygen atoms in total. The maximum Gasteiger partial charge on any atom is 0.416 e. The highest BCUT2D eigenvalue weighted by atomic mass is 32.1. The van der Waals surface area contributed by atoms with Crippen molar-refractivity contribution in [3.63, 3.8) is 0 Å². The molecule has 0 saturated carbocycles. The van der Waals surface area contributed by atoms with Crippen molar-refractivity contribution in [2.24, 2.45) is 0 Å². The molecular formula is C9H7F3N4S. The lowest BCUT2D eigenvalue weighted by atomic mass is 10.2. The van der Waals surface area contributed by atoms with Crippen LogP contribution in [0.25, 0.3) is 5.69 Å². The zero-order chi connectivity index (χ0) is 12.6. The minimum atomic E-state index is -4.41. The van der Waals surface area contributed by atoms with Gasteiger partial charge in [0.15, 0.2) is 0 Å². The van der Waals surface area contributed by atoms with Gasteiger partial charge in [0.05, 0.1) is 11.3 Å². The van der Waals surface area contributed by atoms with Crippen molar-refractivity contribution in [1.82, 2.24) is 14.8 Å². The number of nitrogens with two attached hydrogens (primary N) is 1. The van der Waals surface area contributed by atoms with E-state index >= 15 is 0 Å². The third kappa shape index (κ3) is 2.16. The first-order chi connectivity index (χ1) is 7.89. The highest BCUT2D eigenvalue weighted by Gasteiger charge is 2.30. The van der Waals surface area contributed by atoms with E-state index in [0.717, 1.165) is 12.1 Å². The molecule has 90 valence electrons. The van der Waals surface area contributed by atoms with E-state index in [2.05, 4.69) is 10.2 Å². The van der Waals surface area contributed by atoms with Crippen LogP contribution in [-0.4, -0.2) is 14.8 Å². The zero-order valence-corrected chi connectivity index (χ0v) is 9.14. The highest BCUT2D eigenvalue weighted by Crippen LogP contribution is 2.30. The fourth-order valence-electron chi connectivity index (χ4n) is 1.38. The van der Waals surface area contributed by atoms with Crippen molar-refractivity contribution in [1.29, 1.82) is 0 Å². The minimum Gasteiger partial charge on any atom is -0.368 e. The van der Waals surface area contributed by atoms with Gasteiger partial charge >= 0.3 is 6.18 Å². The summed E-state index contributed by atoms with van der Waals surface area (Å²) in [5.74, 6) is 0.00863. The van der Waals surface area contributed by atoms with Gasteiger partial charge in [-0.15, -0.1) is 5.10 Å². The SMILES string of the molecule is Nc1n[nH]c(=S)n1-c1cccc(C(F)(F)F)c1. The molecule has 0 aliphatic rings. The Hall–Kier alpha value is -1.83. The summed E-state index contributed by atoms with van der Waals surface area (Å²) in [6, 6.07) is 4.69. The van der Waals surface area contributed by atoms with Gasteiger partial charge in [-0.1, -0.05) is 6.07 Å². The predicted octanol–water partition coefficient (Wildman–Crippen LogP) is 2.53. The number of alkyl halides is 3. The molecule has 17 heavy (non-hydrogen) atoms. The molecule has 0 aliphatic carbocycles. The summed E-state index contributed by atoms with van der Waals surface area (Å²) >= 11 is 4.88. The topological polar surface area (TPSA) is 59.6 Å². The number of aromatic nitrogens is 3. The van der Waals surface area contributed by atoms with E-state index in [1.165, 1.54) is 16.7 Å². The van der Waals surface area contributed by atoms with Crippen molar-refractivity contribution >= 4 is 18.2 Å². The van der Waals surface area contributed by atoms with Crippen LogP contribution in [0.2, 0.25) is 0 Å². The van der Waals surface area contributed by atoms with Gasteiger partial charge in [0.25, 0.3) is 0 Å². The number of H-pyrrole nitrogens is 1. The van der Waals surface area contributed by atoms with Crippen LogP contribution in [0.4, 0.5) is 19.1 Å². The second-order valence-electron chi connectivity index (χ2n) is 3.27. The molecule has 0 radical (unpaired) electrons. The quantitative estimate of drug-likeness (QED) is 0.774. The normalized spacial score (nSPS) is 11.7.